The highest BCUT2D eigenvalue weighted by molar-refractivity contribution is 6.10. The van der Waals surface area contributed by atoms with Crippen LogP contribution < -0.4 is 30.3 Å². The molecule has 3 aromatic rings. The van der Waals surface area contributed by atoms with Gasteiger partial charge in [0.1, 0.15) is 17.9 Å². The van der Waals surface area contributed by atoms with Gasteiger partial charge in [-0.1, -0.05) is 0 Å². The second kappa shape index (κ2) is 10.4. The van der Waals surface area contributed by atoms with Crippen molar-refractivity contribution in [1.82, 2.24) is 14.9 Å². The Bertz CT molecular complexity index is 1320. The number of piperazine rings is 1. The van der Waals surface area contributed by atoms with Gasteiger partial charge in [-0.2, -0.15) is 0 Å². The van der Waals surface area contributed by atoms with E-state index in [0.29, 0.717) is 36.0 Å². The molecule has 10 nitrogen and oxygen atoms in total. The van der Waals surface area contributed by atoms with Crippen LogP contribution in [-0.4, -0.2) is 73.3 Å². The minimum Gasteiger partial charge on any atom is -0.480 e. The summed E-state index contributed by atoms with van der Waals surface area (Å²) in [5.74, 6) is 0.508. The number of anilines is 5. The van der Waals surface area contributed by atoms with Crippen LogP contribution in [-0.2, 0) is 0 Å². The molecule has 1 saturated carbocycles. The van der Waals surface area contributed by atoms with E-state index in [1.54, 1.807) is 18.5 Å². The lowest BCUT2D eigenvalue weighted by molar-refractivity contribution is 0.102. The van der Waals surface area contributed by atoms with Gasteiger partial charge in [-0.05, 0) is 50.1 Å². The molecule has 2 aliphatic heterocycles. The van der Waals surface area contributed by atoms with E-state index in [2.05, 4.69) is 47.9 Å². The molecule has 2 fully saturated rings. The number of hydrogen-bond acceptors (Lipinski definition) is 9. The quantitative estimate of drug-likeness (QED) is 0.432. The number of hydrogen-bond donors (Lipinski definition) is 3. The van der Waals surface area contributed by atoms with E-state index in [9.17, 15) is 4.79 Å². The Labute approximate surface area is 222 Å². The van der Waals surface area contributed by atoms with Crippen LogP contribution in [0.15, 0.2) is 42.7 Å². The maximum absolute atomic E-state index is 13.5. The van der Waals surface area contributed by atoms with Gasteiger partial charge in [0, 0.05) is 61.9 Å². The molecule has 1 amide bonds. The van der Waals surface area contributed by atoms with E-state index in [4.69, 9.17) is 9.47 Å². The molecule has 0 radical (unpaired) electrons. The van der Waals surface area contributed by atoms with Crippen LogP contribution in [0.4, 0.5) is 28.4 Å². The Morgan fingerprint density at radius 2 is 1.87 bits per heavy atom. The molecule has 1 aromatic carbocycles. The fraction of sp³-hybridized carbons (Fsp3) is 0.393. The average Bonchev–Trinajstić information content (AvgIpc) is 3.81. The highest BCUT2D eigenvalue weighted by Crippen LogP contribution is 2.36. The van der Waals surface area contributed by atoms with E-state index in [1.165, 1.54) is 25.6 Å². The summed E-state index contributed by atoms with van der Waals surface area (Å²) in [5, 5.41) is 9.70. The number of benzene rings is 1. The van der Waals surface area contributed by atoms with Crippen molar-refractivity contribution in [2.75, 3.05) is 67.3 Å². The standard InChI is InChI=1S/C28H33N7O3/c1-18-23(17-31-28-25(18)29-11-16-38-28)33-22-9-10-30-27(37-2)24(22)26(36)32-19-3-5-20(6-4-19)34-12-14-35(15-13-34)21-7-8-21/h3-6,9-10,17,21,29H,7-8,11-16H2,1-2H3,(H,30,33)(H,32,36). The molecule has 0 spiro atoms. The molecule has 1 aliphatic carbocycles. The fourth-order valence-corrected chi connectivity index (χ4v) is 5.15. The topological polar surface area (TPSA) is 104 Å². The zero-order valence-electron chi connectivity index (χ0n) is 21.8. The summed E-state index contributed by atoms with van der Waals surface area (Å²) >= 11 is 0. The predicted molar refractivity (Wildman–Crippen MR) is 148 cm³/mol. The van der Waals surface area contributed by atoms with Crippen LogP contribution in [0.3, 0.4) is 0 Å². The number of fused-ring (bicyclic) bond motifs is 1. The van der Waals surface area contributed by atoms with Crippen molar-refractivity contribution in [2.45, 2.75) is 25.8 Å². The fourth-order valence-electron chi connectivity index (χ4n) is 5.15. The van der Waals surface area contributed by atoms with Crippen LogP contribution in [0.25, 0.3) is 0 Å². The van der Waals surface area contributed by atoms with Crippen LogP contribution in [0.2, 0.25) is 0 Å². The lowest BCUT2D eigenvalue weighted by Gasteiger charge is -2.36. The van der Waals surface area contributed by atoms with Crippen molar-refractivity contribution in [1.29, 1.82) is 0 Å². The Hall–Kier alpha value is -4.05. The zero-order valence-corrected chi connectivity index (χ0v) is 21.8. The molecule has 6 rings (SSSR count). The molecule has 0 bridgehead atoms. The number of methoxy groups -OCH3 is 1. The molecule has 3 N–H and O–H groups in total. The molecule has 0 atom stereocenters. The Morgan fingerprint density at radius 1 is 1.08 bits per heavy atom. The van der Waals surface area contributed by atoms with E-state index < -0.39 is 0 Å². The van der Waals surface area contributed by atoms with Gasteiger partial charge < -0.3 is 30.3 Å². The number of pyridine rings is 2. The van der Waals surface area contributed by atoms with Gasteiger partial charge in [-0.15, -0.1) is 0 Å². The van der Waals surface area contributed by atoms with Gasteiger partial charge in [-0.25, -0.2) is 9.97 Å². The maximum Gasteiger partial charge on any atom is 0.263 e. The first kappa shape index (κ1) is 24.3. The molecular weight excluding hydrogens is 482 g/mol. The first-order valence-corrected chi connectivity index (χ1v) is 13.2. The minimum absolute atomic E-state index is 0.239. The molecule has 38 heavy (non-hydrogen) atoms. The van der Waals surface area contributed by atoms with Crippen LogP contribution in [0, 0.1) is 6.92 Å². The largest absolute Gasteiger partial charge is 0.480 e. The number of ether oxygens (including phenoxy) is 2. The predicted octanol–water partition coefficient (Wildman–Crippen LogP) is 3.88. The number of aromatic nitrogens is 2. The summed E-state index contributed by atoms with van der Waals surface area (Å²) in [5.41, 5.74) is 5.33. The van der Waals surface area contributed by atoms with Gasteiger partial charge in [-0.3, -0.25) is 9.69 Å². The Kier molecular flexibility index (Phi) is 6.63. The lowest BCUT2D eigenvalue weighted by atomic mass is 10.1. The highest BCUT2D eigenvalue weighted by Gasteiger charge is 2.31. The Balaban J connectivity index is 1.18. The second-order valence-corrected chi connectivity index (χ2v) is 9.88. The highest BCUT2D eigenvalue weighted by atomic mass is 16.5. The van der Waals surface area contributed by atoms with Crippen molar-refractivity contribution in [3.63, 3.8) is 0 Å². The third-order valence-electron chi connectivity index (χ3n) is 7.42. The molecule has 1 saturated heterocycles. The molecule has 4 heterocycles. The van der Waals surface area contributed by atoms with Gasteiger partial charge in [0.15, 0.2) is 0 Å². The van der Waals surface area contributed by atoms with Gasteiger partial charge in [0.05, 0.1) is 24.7 Å². The number of rotatable bonds is 7. The molecule has 10 heteroatoms. The van der Waals surface area contributed by atoms with E-state index in [0.717, 1.165) is 49.2 Å². The van der Waals surface area contributed by atoms with Crippen molar-refractivity contribution < 1.29 is 14.3 Å². The average molecular weight is 516 g/mol. The van der Waals surface area contributed by atoms with E-state index >= 15 is 0 Å². The molecule has 0 unspecified atom stereocenters. The van der Waals surface area contributed by atoms with Gasteiger partial charge in [0.25, 0.3) is 5.91 Å². The normalized spacial score (nSPS) is 17.2. The number of carbonyl (C=O) groups excluding carboxylic acids is 1. The number of carbonyl (C=O) groups is 1. The first-order valence-electron chi connectivity index (χ1n) is 13.2. The third-order valence-corrected chi connectivity index (χ3v) is 7.42. The van der Waals surface area contributed by atoms with Crippen LogP contribution in [0.1, 0.15) is 28.8 Å². The molecule has 198 valence electrons. The summed E-state index contributed by atoms with van der Waals surface area (Å²) in [6, 6.07) is 10.6. The van der Waals surface area contributed by atoms with Crippen molar-refractivity contribution in [2.24, 2.45) is 0 Å². The summed E-state index contributed by atoms with van der Waals surface area (Å²) < 4.78 is 11.1. The first-order chi connectivity index (χ1) is 18.6. The van der Waals surface area contributed by atoms with Gasteiger partial charge >= 0.3 is 0 Å². The smallest absolute Gasteiger partial charge is 0.263 e. The summed E-state index contributed by atoms with van der Waals surface area (Å²) in [4.78, 5) is 27.2. The molecule has 3 aliphatic rings. The minimum atomic E-state index is -0.312. The number of amides is 1. The summed E-state index contributed by atoms with van der Waals surface area (Å²) in [7, 11) is 1.51. The maximum atomic E-state index is 13.5. The lowest BCUT2D eigenvalue weighted by Crippen LogP contribution is -2.47. The monoisotopic (exact) mass is 515 g/mol. The van der Waals surface area contributed by atoms with Crippen LogP contribution in [0.5, 0.6) is 11.8 Å². The molecular formula is C28H33N7O3. The van der Waals surface area contributed by atoms with Gasteiger partial charge in [0.2, 0.25) is 11.8 Å². The zero-order chi connectivity index (χ0) is 26.1. The SMILES string of the molecule is COc1nccc(Nc2cnc3c(c2C)NCCO3)c1C(=O)Nc1ccc(N2CCN(C3CC3)CC2)cc1. The molecule has 2 aromatic heterocycles. The van der Waals surface area contributed by atoms with Crippen LogP contribution >= 0.6 is 0 Å². The Morgan fingerprint density at radius 3 is 2.61 bits per heavy atom. The number of nitrogens with one attached hydrogen (secondary N) is 3. The second-order valence-electron chi connectivity index (χ2n) is 9.88. The summed E-state index contributed by atoms with van der Waals surface area (Å²) in [6.07, 6.45) is 6.02. The van der Waals surface area contributed by atoms with Crippen molar-refractivity contribution in [3.8, 4) is 11.8 Å². The third kappa shape index (κ3) is 4.91. The number of nitrogens with zero attached hydrogens (tertiary/aromatic N) is 4. The van der Waals surface area contributed by atoms with E-state index in [-0.39, 0.29) is 11.8 Å². The van der Waals surface area contributed by atoms with E-state index in [1.807, 2.05) is 19.1 Å². The van der Waals surface area contributed by atoms with Crippen molar-refractivity contribution in [3.05, 3.63) is 53.9 Å². The van der Waals surface area contributed by atoms with Crippen molar-refractivity contribution >= 4 is 34.3 Å². The summed E-state index contributed by atoms with van der Waals surface area (Å²) in [6.45, 7) is 7.56.